The molecule has 0 spiro atoms. The average molecular weight is 494 g/mol. The Balaban J connectivity index is 1.54. The quantitative estimate of drug-likeness (QED) is 0.517. The number of benzene rings is 1. The molecule has 1 aliphatic rings. The Morgan fingerprint density at radius 3 is 2.76 bits per heavy atom. The zero-order chi connectivity index (χ0) is 24.1. The number of ether oxygens (including phenoxy) is 1. The number of carbonyl (C=O) groups excluding carboxylic acids is 2. The van der Waals surface area contributed by atoms with Gasteiger partial charge in [0, 0.05) is 13.2 Å². The summed E-state index contributed by atoms with van der Waals surface area (Å²) in [5.41, 5.74) is -1.45. The molecule has 1 saturated heterocycles. The molecule has 9 nitrogen and oxygen atoms in total. The van der Waals surface area contributed by atoms with Crippen LogP contribution in [0.4, 0.5) is 18.9 Å². The number of halogens is 3. The number of tetrazole rings is 1. The lowest BCUT2D eigenvalue weighted by atomic mass is 10.1. The lowest BCUT2D eigenvalue weighted by Crippen LogP contribution is -2.44. The summed E-state index contributed by atoms with van der Waals surface area (Å²) in [6, 6.07) is 8.19. The van der Waals surface area contributed by atoms with E-state index >= 15 is 0 Å². The highest BCUT2D eigenvalue weighted by molar-refractivity contribution is 7.13. The lowest BCUT2D eigenvalue weighted by Gasteiger charge is -2.25. The van der Waals surface area contributed by atoms with Gasteiger partial charge < -0.3 is 15.0 Å². The molecule has 34 heavy (non-hydrogen) atoms. The monoisotopic (exact) mass is 494 g/mol. The van der Waals surface area contributed by atoms with Crippen LogP contribution in [0.3, 0.4) is 0 Å². The summed E-state index contributed by atoms with van der Waals surface area (Å²) < 4.78 is 46.4. The highest BCUT2D eigenvalue weighted by Crippen LogP contribution is 2.36. The summed E-state index contributed by atoms with van der Waals surface area (Å²) in [6.07, 6.45) is -3.21. The molecular formula is C21H21F3N6O3S. The van der Waals surface area contributed by atoms with Crippen LogP contribution in [-0.2, 0) is 27.0 Å². The van der Waals surface area contributed by atoms with Crippen molar-refractivity contribution in [1.82, 2.24) is 25.5 Å². The summed E-state index contributed by atoms with van der Waals surface area (Å²) >= 11 is 1.38. The molecule has 0 radical (unpaired) electrons. The van der Waals surface area contributed by atoms with Gasteiger partial charge in [0.2, 0.25) is 11.7 Å². The lowest BCUT2D eigenvalue weighted by molar-refractivity contribution is -0.137. The fourth-order valence-corrected chi connectivity index (χ4v) is 4.16. The molecule has 1 atom stereocenters. The van der Waals surface area contributed by atoms with E-state index in [1.807, 2.05) is 5.38 Å². The maximum atomic E-state index is 13.7. The van der Waals surface area contributed by atoms with Crippen LogP contribution < -0.4 is 10.2 Å². The minimum atomic E-state index is -4.72. The van der Waals surface area contributed by atoms with Crippen molar-refractivity contribution in [3.8, 4) is 10.7 Å². The van der Waals surface area contributed by atoms with E-state index in [4.69, 9.17) is 4.74 Å². The molecule has 0 aliphatic carbocycles. The molecule has 4 rings (SSSR count). The number of anilines is 1. The van der Waals surface area contributed by atoms with Gasteiger partial charge in [0.15, 0.2) is 0 Å². The number of alkyl halides is 3. The fourth-order valence-electron chi connectivity index (χ4n) is 3.51. The van der Waals surface area contributed by atoms with Crippen LogP contribution in [-0.4, -0.2) is 57.8 Å². The third kappa shape index (κ3) is 5.78. The number of hydrogen-bond donors (Lipinski definition) is 1. The smallest absolute Gasteiger partial charge is 0.376 e. The molecule has 180 valence electrons. The van der Waals surface area contributed by atoms with Crippen LogP contribution in [0.25, 0.3) is 10.7 Å². The van der Waals surface area contributed by atoms with E-state index < -0.39 is 42.3 Å². The van der Waals surface area contributed by atoms with Crippen LogP contribution >= 0.6 is 11.3 Å². The number of nitrogens with zero attached hydrogens (tertiary/aromatic N) is 5. The second kappa shape index (κ2) is 10.3. The number of hydrogen-bond acceptors (Lipinski definition) is 7. The molecule has 0 unspecified atom stereocenters. The first-order valence-corrected chi connectivity index (χ1v) is 11.4. The van der Waals surface area contributed by atoms with Crippen molar-refractivity contribution in [3.05, 3.63) is 47.3 Å². The topological polar surface area (TPSA) is 102 Å². The third-order valence-corrected chi connectivity index (χ3v) is 5.99. The first-order valence-electron chi connectivity index (χ1n) is 10.5. The predicted octanol–water partition coefficient (Wildman–Crippen LogP) is 2.75. The Kier molecular flexibility index (Phi) is 7.22. The molecule has 0 saturated carbocycles. The molecule has 2 amide bonds. The number of aromatic nitrogens is 4. The van der Waals surface area contributed by atoms with Gasteiger partial charge in [-0.1, -0.05) is 18.2 Å². The van der Waals surface area contributed by atoms with Gasteiger partial charge in [0.1, 0.15) is 13.1 Å². The van der Waals surface area contributed by atoms with Crippen molar-refractivity contribution in [2.75, 3.05) is 24.6 Å². The first-order chi connectivity index (χ1) is 16.3. The minimum Gasteiger partial charge on any atom is -0.376 e. The van der Waals surface area contributed by atoms with Gasteiger partial charge in [0.25, 0.3) is 5.91 Å². The minimum absolute atomic E-state index is 0.148. The molecule has 1 aliphatic heterocycles. The van der Waals surface area contributed by atoms with Crippen LogP contribution in [0.2, 0.25) is 0 Å². The van der Waals surface area contributed by atoms with E-state index in [-0.39, 0.29) is 12.6 Å². The van der Waals surface area contributed by atoms with Crippen LogP contribution in [0.1, 0.15) is 18.4 Å². The highest BCUT2D eigenvalue weighted by atomic mass is 32.1. The van der Waals surface area contributed by atoms with E-state index in [2.05, 4.69) is 20.7 Å². The number of carbonyl (C=O) groups is 2. The summed E-state index contributed by atoms with van der Waals surface area (Å²) in [5, 5.41) is 16.3. The van der Waals surface area contributed by atoms with E-state index in [9.17, 15) is 22.8 Å². The molecule has 13 heteroatoms. The molecule has 0 bridgehead atoms. The Hall–Kier alpha value is -3.32. The van der Waals surface area contributed by atoms with E-state index in [0.29, 0.717) is 12.4 Å². The van der Waals surface area contributed by atoms with E-state index in [1.54, 1.807) is 12.1 Å². The van der Waals surface area contributed by atoms with Crippen molar-refractivity contribution in [3.63, 3.8) is 0 Å². The van der Waals surface area contributed by atoms with Crippen LogP contribution in [0.15, 0.2) is 41.8 Å². The number of rotatable bonds is 8. The molecule has 3 heterocycles. The predicted molar refractivity (Wildman–Crippen MR) is 117 cm³/mol. The maximum Gasteiger partial charge on any atom is 0.418 e. The van der Waals surface area contributed by atoms with Crippen molar-refractivity contribution >= 4 is 28.8 Å². The Morgan fingerprint density at radius 2 is 2.06 bits per heavy atom. The third-order valence-electron chi connectivity index (χ3n) is 5.12. The highest BCUT2D eigenvalue weighted by Gasteiger charge is 2.36. The van der Waals surface area contributed by atoms with Gasteiger partial charge in [-0.15, -0.1) is 21.5 Å². The summed E-state index contributed by atoms with van der Waals surface area (Å²) in [6.45, 7) is -0.284. The molecule has 1 aromatic carbocycles. The van der Waals surface area contributed by atoms with Gasteiger partial charge in [-0.25, -0.2) is 0 Å². The summed E-state index contributed by atoms with van der Waals surface area (Å²) in [7, 11) is 0. The van der Waals surface area contributed by atoms with E-state index in [0.717, 1.165) is 39.5 Å². The number of amides is 2. The number of para-hydroxylation sites is 1. The normalized spacial score (nSPS) is 15.9. The standard InChI is InChI=1S/C21H21F3N6O3S/c22-21(23,24)15-6-1-2-7-16(15)29(12-18(31)25-11-14-5-3-9-33-14)19(32)13-30-27-20(26-28-30)17-8-4-10-34-17/h1-2,4,6-8,10,14H,3,5,9,11-13H2,(H,25,31)/t14-/m0/s1. The second-order valence-electron chi connectivity index (χ2n) is 7.55. The molecule has 1 fully saturated rings. The van der Waals surface area contributed by atoms with Crippen LogP contribution in [0, 0.1) is 0 Å². The fraction of sp³-hybridized carbons (Fsp3) is 0.381. The Bertz CT molecular complexity index is 1130. The zero-order valence-electron chi connectivity index (χ0n) is 17.9. The van der Waals surface area contributed by atoms with Gasteiger partial charge in [-0.05, 0) is 41.6 Å². The van der Waals surface area contributed by atoms with Crippen molar-refractivity contribution in [2.24, 2.45) is 0 Å². The Labute approximate surface area is 196 Å². The molecule has 2 aromatic heterocycles. The molecule has 1 N–H and O–H groups in total. The zero-order valence-corrected chi connectivity index (χ0v) is 18.7. The Morgan fingerprint density at radius 1 is 1.24 bits per heavy atom. The summed E-state index contributed by atoms with van der Waals surface area (Å²) in [5.74, 6) is -1.11. The summed E-state index contributed by atoms with van der Waals surface area (Å²) in [4.78, 5) is 28.2. The van der Waals surface area contributed by atoms with Crippen molar-refractivity contribution in [2.45, 2.75) is 31.7 Å². The van der Waals surface area contributed by atoms with E-state index in [1.165, 1.54) is 23.5 Å². The maximum absolute atomic E-state index is 13.7. The SMILES string of the molecule is O=C(CN(C(=O)Cn1nnc(-c2cccs2)n1)c1ccccc1C(F)(F)F)NC[C@@H]1CCCO1. The van der Waals surface area contributed by atoms with Crippen molar-refractivity contribution < 1.29 is 27.5 Å². The van der Waals surface area contributed by atoms with Gasteiger partial charge >= 0.3 is 6.18 Å². The van der Waals surface area contributed by atoms with Crippen molar-refractivity contribution in [1.29, 1.82) is 0 Å². The van der Waals surface area contributed by atoms with Crippen LogP contribution in [0.5, 0.6) is 0 Å². The first kappa shape index (κ1) is 23.8. The second-order valence-corrected chi connectivity index (χ2v) is 8.50. The average Bonchev–Trinajstić information content (AvgIpc) is 3.58. The van der Waals surface area contributed by atoms with Gasteiger partial charge in [-0.3, -0.25) is 9.59 Å². The molecule has 3 aromatic rings. The molecular weight excluding hydrogens is 473 g/mol. The van der Waals surface area contributed by atoms with Gasteiger partial charge in [-0.2, -0.15) is 18.0 Å². The largest absolute Gasteiger partial charge is 0.418 e. The van der Waals surface area contributed by atoms with Gasteiger partial charge in [0.05, 0.1) is 22.2 Å². The number of nitrogens with one attached hydrogen (secondary N) is 1. The number of thiophene rings is 1.